The van der Waals surface area contributed by atoms with Crippen molar-refractivity contribution in [3.05, 3.63) is 78.0 Å². The molecule has 2 aromatic heterocycles. The number of aromatic nitrogens is 3. The van der Waals surface area contributed by atoms with E-state index in [1.165, 1.54) is 16.6 Å². The molecule has 2 aromatic carbocycles. The number of benzene rings is 2. The summed E-state index contributed by atoms with van der Waals surface area (Å²) in [6.07, 6.45) is 0.650. The molecule has 0 saturated heterocycles. The highest BCUT2D eigenvalue weighted by Crippen LogP contribution is 2.29. The average molecular weight is 444 g/mol. The second-order valence-corrected chi connectivity index (χ2v) is 6.97. The third-order valence-corrected chi connectivity index (χ3v) is 4.73. The van der Waals surface area contributed by atoms with Crippen LogP contribution in [0.1, 0.15) is 16.8 Å². The molecule has 6 nitrogen and oxygen atoms in total. The largest absolute Gasteiger partial charge is 0.490 e. The molecule has 2 heterocycles. The topological polar surface area (TPSA) is 82.5 Å². The highest BCUT2D eigenvalue weighted by molar-refractivity contribution is 6.01. The predicted molar refractivity (Wildman–Crippen MR) is 109 cm³/mol. The van der Waals surface area contributed by atoms with Gasteiger partial charge in [0.05, 0.1) is 13.0 Å². The number of alkyl halides is 2. The molecule has 0 aliphatic heterocycles. The van der Waals surface area contributed by atoms with E-state index in [0.29, 0.717) is 16.8 Å². The summed E-state index contributed by atoms with van der Waals surface area (Å²) in [4.78, 5) is 16.1. The van der Waals surface area contributed by atoms with Crippen LogP contribution < -0.4 is 10.5 Å². The Morgan fingerprint density at radius 1 is 1.03 bits per heavy atom. The van der Waals surface area contributed by atoms with Crippen molar-refractivity contribution in [3.63, 3.8) is 0 Å². The first-order valence-corrected chi connectivity index (χ1v) is 9.46. The summed E-state index contributed by atoms with van der Waals surface area (Å²) in [5, 5.41) is 3.96. The number of hydrogen-bond acceptors (Lipinski definition) is 5. The smallest absolute Gasteiger partial charge is 0.313 e. The van der Waals surface area contributed by atoms with Crippen LogP contribution in [0.25, 0.3) is 16.8 Å². The molecule has 0 fully saturated rings. The van der Waals surface area contributed by atoms with Gasteiger partial charge in [0.25, 0.3) is 0 Å². The number of hydrogen-bond donors (Lipinski definition) is 1. The molecule has 0 saturated carbocycles. The Morgan fingerprint density at radius 3 is 2.50 bits per heavy atom. The molecule has 10 heteroatoms. The highest BCUT2D eigenvalue weighted by atomic mass is 19.3. The van der Waals surface area contributed by atoms with E-state index in [2.05, 4.69) is 10.1 Å². The minimum absolute atomic E-state index is 0.0985. The third kappa shape index (κ3) is 4.39. The van der Waals surface area contributed by atoms with Crippen molar-refractivity contribution in [3.8, 4) is 16.9 Å². The van der Waals surface area contributed by atoms with E-state index in [0.717, 1.165) is 30.3 Å². The second kappa shape index (κ2) is 8.29. The van der Waals surface area contributed by atoms with Gasteiger partial charge in [-0.2, -0.15) is 13.8 Å². The molecule has 0 radical (unpaired) electrons. The summed E-state index contributed by atoms with van der Waals surface area (Å²) < 4.78 is 62.3. The lowest BCUT2D eigenvalue weighted by atomic mass is 10.0. The Kier molecular flexibility index (Phi) is 5.52. The predicted octanol–water partition coefficient (Wildman–Crippen LogP) is 4.54. The monoisotopic (exact) mass is 444 g/mol. The van der Waals surface area contributed by atoms with Crippen LogP contribution in [0.15, 0.2) is 60.8 Å². The third-order valence-electron chi connectivity index (χ3n) is 4.73. The number of carbonyl (C=O) groups is 1. The normalized spacial score (nSPS) is 11.6. The van der Waals surface area contributed by atoms with E-state index in [1.807, 2.05) is 0 Å². The summed E-state index contributed by atoms with van der Waals surface area (Å²) in [6, 6.07) is 11.2. The number of ether oxygens (including phenoxy) is 1. The van der Waals surface area contributed by atoms with E-state index < -0.39 is 36.4 Å². The van der Waals surface area contributed by atoms with Crippen molar-refractivity contribution in [2.24, 2.45) is 0 Å². The molecular weight excluding hydrogens is 428 g/mol. The number of halogens is 4. The lowest BCUT2D eigenvalue weighted by molar-refractivity contribution is -0.00286. The zero-order valence-corrected chi connectivity index (χ0v) is 16.4. The number of fused-ring (bicyclic) bond motifs is 1. The van der Waals surface area contributed by atoms with Crippen LogP contribution in [0, 0.1) is 11.6 Å². The van der Waals surface area contributed by atoms with Gasteiger partial charge in [0.1, 0.15) is 5.82 Å². The summed E-state index contributed by atoms with van der Waals surface area (Å²) in [6.45, 7) is -0.611. The quantitative estimate of drug-likeness (QED) is 0.334. The molecule has 0 unspecified atom stereocenters. The number of nitrogen functional groups attached to an aromatic ring is 1. The number of anilines is 1. The van der Waals surface area contributed by atoms with Gasteiger partial charge < -0.3 is 10.5 Å². The molecule has 0 aliphatic carbocycles. The van der Waals surface area contributed by atoms with Gasteiger partial charge in [-0.15, -0.1) is 5.10 Å². The molecule has 2 N–H and O–H groups in total. The van der Waals surface area contributed by atoms with Gasteiger partial charge in [-0.25, -0.2) is 13.3 Å². The molecule has 4 rings (SSSR count). The minimum atomic E-state index is -3.76. The Morgan fingerprint density at radius 2 is 1.75 bits per heavy atom. The first kappa shape index (κ1) is 21.3. The van der Waals surface area contributed by atoms with Gasteiger partial charge >= 0.3 is 5.92 Å². The van der Waals surface area contributed by atoms with Crippen molar-refractivity contribution < 1.29 is 27.1 Å². The molecule has 164 valence electrons. The zero-order chi connectivity index (χ0) is 22.9. The molecule has 0 spiro atoms. The fraction of sp³-hybridized carbons (Fsp3) is 0.136. The summed E-state index contributed by atoms with van der Waals surface area (Å²) >= 11 is 0. The maximum absolute atomic E-state index is 14.3. The number of Topliss-reactive ketones (excluding diaryl/α,β-unsaturated/α-hetero) is 1. The van der Waals surface area contributed by atoms with Crippen molar-refractivity contribution in [1.29, 1.82) is 0 Å². The zero-order valence-electron chi connectivity index (χ0n) is 16.4. The molecule has 32 heavy (non-hydrogen) atoms. The average Bonchev–Trinajstić information content (AvgIpc) is 3.14. The molecule has 0 bridgehead atoms. The highest BCUT2D eigenvalue weighted by Gasteiger charge is 2.39. The van der Waals surface area contributed by atoms with Crippen molar-refractivity contribution >= 4 is 17.4 Å². The van der Waals surface area contributed by atoms with Crippen molar-refractivity contribution in [2.75, 3.05) is 12.3 Å². The Balaban J connectivity index is 1.47. The van der Waals surface area contributed by atoms with Gasteiger partial charge in [0.15, 0.2) is 17.2 Å². The van der Waals surface area contributed by atoms with Gasteiger partial charge in [-0.05, 0) is 59.7 Å². The minimum Gasteiger partial charge on any atom is -0.490 e. The van der Waals surface area contributed by atoms with Gasteiger partial charge in [-0.3, -0.25) is 4.79 Å². The number of nitrogens with zero attached hydrogens (tertiary/aromatic N) is 3. The second-order valence-electron chi connectivity index (χ2n) is 6.97. The fourth-order valence-corrected chi connectivity index (χ4v) is 3.09. The van der Waals surface area contributed by atoms with Gasteiger partial charge in [0, 0.05) is 11.8 Å². The number of pyridine rings is 1. The van der Waals surface area contributed by atoms with Crippen LogP contribution >= 0.6 is 0 Å². The van der Waals surface area contributed by atoms with E-state index >= 15 is 0 Å². The van der Waals surface area contributed by atoms with Gasteiger partial charge in [-0.1, -0.05) is 6.07 Å². The first-order valence-electron chi connectivity index (χ1n) is 9.46. The van der Waals surface area contributed by atoms with Crippen LogP contribution in [0.4, 0.5) is 23.5 Å². The van der Waals surface area contributed by atoms with Crippen LogP contribution in [0.2, 0.25) is 0 Å². The Labute approximate surface area is 179 Å². The summed E-state index contributed by atoms with van der Waals surface area (Å²) in [5.41, 5.74) is 6.93. The molecular formula is C22H16F4N4O2. The Bertz CT molecular complexity index is 1290. The maximum atomic E-state index is 14.3. The summed E-state index contributed by atoms with van der Waals surface area (Å²) in [7, 11) is 0. The van der Waals surface area contributed by atoms with Gasteiger partial charge in [0.2, 0.25) is 11.7 Å². The number of nitrogens with two attached hydrogens (primary N) is 1. The van der Waals surface area contributed by atoms with Crippen LogP contribution in [-0.4, -0.2) is 32.9 Å². The first-order chi connectivity index (χ1) is 15.2. The summed E-state index contributed by atoms with van der Waals surface area (Å²) in [5.74, 6) is -6.75. The van der Waals surface area contributed by atoms with Crippen LogP contribution in [0.5, 0.6) is 5.75 Å². The van der Waals surface area contributed by atoms with E-state index in [4.69, 9.17) is 10.5 Å². The number of rotatable bonds is 7. The lowest BCUT2D eigenvalue weighted by Crippen LogP contribution is -2.30. The number of carbonyl (C=O) groups excluding carboxylic acids is 1. The number of ketones is 1. The SMILES string of the molecule is Nc1nc2cc(-c3ccc(F)c(OCCC(F)(F)C(=O)c4ccc(F)cc4)c3)ccn2n1. The molecule has 0 amide bonds. The Hall–Kier alpha value is -3.95. The van der Waals surface area contributed by atoms with E-state index in [9.17, 15) is 22.4 Å². The molecule has 4 aromatic rings. The van der Waals surface area contributed by atoms with E-state index in [-0.39, 0.29) is 17.3 Å². The van der Waals surface area contributed by atoms with E-state index in [1.54, 1.807) is 18.3 Å². The van der Waals surface area contributed by atoms with Crippen LogP contribution in [-0.2, 0) is 0 Å². The van der Waals surface area contributed by atoms with Crippen molar-refractivity contribution in [1.82, 2.24) is 14.6 Å². The lowest BCUT2D eigenvalue weighted by Gasteiger charge is -2.16. The standard InChI is InChI=1S/C22H16F4N4O2/c23-16-4-1-13(2-5-16)20(31)22(25,26)8-10-32-18-11-14(3-6-17(18)24)15-7-9-30-19(12-15)28-21(27)29-30/h1-7,9,11-12H,8,10H2,(H2,27,29). The van der Waals surface area contributed by atoms with Crippen molar-refractivity contribution in [2.45, 2.75) is 12.3 Å². The fourth-order valence-electron chi connectivity index (χ4n) is 3.09. The molecule has 0 atom stereocenters. The molecule has 0 aliphatic rings. The van der Waals surface area contributed by atoms with Crippen LogP contribution in [0.3, 0.4) is 0 Å². The maximum Gasteiger partial charge on any atom is 0.313 e.